The standard InChI is InChI=1S/C13H21BO3/c1-11(2)12(3,4)17-14(16-11)9-8-10(15)13(9)6-5-7-13/h9H,5-8H2,1-4H3. The predicted molar refractivity (Wildman–Crippen MR) is 65.7 cm³/mol. The van der Waals surface area contributed by atoms with Gasteiger partial charge in [0, 0.05) is 17.7 Å². The van der Waals surface area contributed by atoms with Crippen LogP contribution in [0, 0.1) is 5.41 Å². The molecule has 1 unspecified atom stereocenters. The Labute approximate surface area is 103 Å². The van der Waals surface area contributed by atoms with Gasteiger partial charge in [0.2, 0.25) is 0 Å². The Morgan fingerprint density at radius 3 is 2.00 bits per heavy atom. The van der Waals surface area contributed by atoms with Gasteiger partial charge in [-0.25, -0.2) is 0 Å². The van der Waals surface area contributed by atoms with Gasteiger partial charge >= 0.3 is 7.12 Å². The Kier molecular flexibility index (Phi) is 2.18. The maximum Gasteiger partial charge on any atom is 0.462 e. The van der Waals surface area contributed by atoms with Crippen LogP contribution in [0.1, 0.15) is 53.4 Å². The van der Waals surface area contributed by atoms with Gasteiger partial charge in [-0.05, 0) is 40.5 Å². The highest BCUT2D eigenvalue weighted by molar-refractivity contribution is 6.50. The van der Waals surface area contributed by atoms with Gasteiger partial charge in [-0.3, -0.25) is 4.79 Å². The van der Waals surface area contributed by atoms with Crippen molar-refractivity contribution in [1.29, 1.82) is 0 Å². The third-order valence-electron chi connectivity index (χ3n) is 5.52. The van der Waals surface area contributed by atoms with Gasteiger partial charge in [-0.2, -0.15) is 0 Å². The predicted octanol–water partition coefficient (Wildman–Crippen LogP) is 2.59. The van der Waals surface area contributed by atoms with E-state index in [1.54, 1.807) is 0 Å². The zero-order valence-corrected chi connectivity index (χ0v) is 11.2. The summed E-state index contributed by atoms with van der Waals surface area (Å²) in [6, 6.07) is 0. The average molecular weight is 236 g/mol. The average Bonchev–Trinajstić information content (AvgIpc) is 2.28. The van der Waals surface area contributed by atoms with Crippen molar-refractivity contribution in [2.45, 2.75) is 70.4 Å². The number of ketones is 1. The Bertz CT molecular complexity index is 355. The highest BCUT2D eigenvalue weighted by Gasteiger charge is 2.66. The second-order valence-corrected chi connectivity index (χ2v) is 6.87. The van der Waals surface area contributed by atoms with Gasteiger partial charge in [0.05, 0.1) is 11.2 Å². The first kappa shape index (κ1) is 11.7. The normalized spacial score (nSPS) is 36.8. The summed E-state index contributed by atoms with van der Waals surface area (Å²) in [5, 5.41) is 0. The molecule has 3 fully saturated rings. The maximum absolute atomic E-state index is 11.8. The molecule has 1 spiro atoms. The van der Waals surface area contributed by atoms with Crippen LogP contribution in [0.5, 0.6) is 0 Å². The third-order valence-corrected chi connectivity index (χ3v) is 5.52. The molecule has 0 bridgehead atoms. The molecule has 0 amide bonds. The zero-order valence-electron chi connectivity index (χ0n) is 11.2. The molecule has 1 aliphatic heterocycles. The summed E-state index contributed by atoms with van der Waals surface area (Å²) in [5.74, 6) is 0.730. The topological polar surface area (TPSA) is 35.5 Å². The van der Waals surface area contributed by atoms with Gasteiger partial charge in [0.15, 0.2) is 0 Å². The molecular formula is C13H21BO3. The molecule has 0 N–H and O–H groups in total. The summed E-state index contributed by atoms with van der Waals surface area (Å²) in [6.45, 7) is 8.28. The first-order valence-electron chi connectivity index (χ1n) is 6.67. The smallest absolute Gasteiger partial charge is 0.403 e. The van der Waals surface area contributed by atoms with E-state index in [4.69, 9.17) is 9.31 Å². The summed E-state index contributed by atoms with van der Waals surface area (Å²) >= 11 is 0. The number of hydrogen-bond acceptors (Lipinski definition) is 3. The third kappa shape index (κ3) is 1.34. The molecule has 3 aliphatic rings. The number of carbonyl (C=O) groups excluding carboxylic acids is 1. The molecule has 2 saturated carbocycles. The molecule has 0 aromatic heterocycles. The van der Waals surface area contributed by atoms with Crippen LogP contribution < -0.4 is 0 Å². The van der Waals surface area contributed by atoms with Gasteiger partial charge in [0.1, 0.15) is 5.78 Å². The monoisotopic (exact) mass is 236 g/mol. The Hall–Kier alpha value is -0.345. The molecular weight excluding hydrogens is 215 g/mol. The minimum Gasteiger partial charge on any atom is -0.403 e. The summed E-state index contributed by atoms with van der Waals surface area (Å²) in [7, 11) is -0.182. The van der Waals surface area contributed by atoms with Crippen LogP contribution in [-0.4, -0.2) is 24.1 Å². The second kappa shape index (κ2) is 3.15. The molecule has 0 aromatic rings. The molecule has 1 atom stereocenters. The van der Waals surface area contributed by atoms with Crippen LogP contribution in [0.3, 0.4) is 0 Å². The van der Waals surface area contributed by atoms with E-state index >= 15 is 0 Å². The lowest BCUT2D eigenvalue weighted by molar-refractivity contribution is -0.146. The lowest BCUT2D eigenvalue weighted by Gasteiger charge is -2.54. The second-order valence-electron chi connectivity index (χ2n) is 6.87. The van der Waals surface area contributed by atoms with Crippen molar-refractivity contribution in [3.8, 4) is 0 Å². The van der Waals surface area contributed by atoms with Crippen molar-refractivity contribution in [3.05, 3.63) is 0 Å². The summed E-state index contributed by atoms with van der Waals surface area (Å²) in [5.41, 5.74) is -0.621. The highest BCUT2D eigenvalue weighted by atomic mass is 16.7. The van der Waals surface area contributed by atoms with E-state index in [1.165, 1.54) is 6.42 Å². The number of Topliss-reactive ketones (excluding diaryl/α,β-unsaturated/α-hetero) is 1. The number of rotatable bonds is 1. The van der Waals surface area contributed by atoms with Gasteiger partial charge in [-0.15, -0.1) is 0 Å². The first-order valence-corrected chi connectivity index (χ1v) is 6.67. The van der Waals surface area contributed by atoms with Gasteiger partial charge in [-0.1, -0.05) is 6.42 Å². The van der Waals surface area contributed by atoms with Crippen molar-refractivity contribution < 1.29 is 14.1 Å². The number of hydrogen-bond donors (Lipinski definition) is 0. The van der Waals surface area contributed by atoms with Crippen LogP contribution in [0.4, 0.5) is 0 Å². The molecule has 4 heteroatoms. The fourth-order valence-electron chi connectivity index (χ4n) is 3.29. The van der Waals surface area contributed by atoms with Crippen molar-refractivity contribution in [1.82, 2.24) is 0 Å². The number of carbonyl (C=O) groups is 1. The van der Waals surface area contributed by atoms with E-state index in [0.717, 1.165) is 12.8 Å². The molecule has 17 heavy (non-hydrogen) atoms. The van der Waals surface area contributed by atoms with Crippen molar-refractivity contribution in [3.63, 3.8) is 0 Å². The van der Waals surface area contributed by atoms with Gasteiger partial charge in [0.25, 0.3) is 0 Å². The van der Waals surface area contributed by atoms with E-state index in [9.17, 15) is 4.79 Å². The summed E-state index contributed by atoms with van der Waals surface area (Å²) in [4.78, 5) is 11.8. The Morgan fingerprint density at radius 2 is 1.65 bits per heavy atom. The lowest BCUT2D eigenvalue weighted by atomic mass is 9.39. The molecule has 94 valence electrons. The molecule has 3 rings (SSSR count). The zero-order chi connectivity index (χ0) is 12.5. The van der Waals surface area contributed by atoms with Gasteiger partial charge < -0.3 is 9.31 Å². The van der Waals surface area contributed by atoms with E-state index < -0.39 is 0 Å². The SMILES string of the molecule is CC1(C)OB(C2CC(=O)C23CCC3)OC1(C)C. The van der Waals surface area contributed by atoms with Crippen LogP contribution in [-0.2, 0) is 14.1 Å². The maximum atomic E-state index is 11.8. The fraction of sp³-hybridized carbons (Fsp3) is 0.923. The van der Waals surface area contributed by atoms with Crippen molar-refractivity contribution >= 4 is 12.9 Å². The molecule has 0 aromatic carbocycles. The molecule has 0 radical (unpaired) electrons. The van der Waals surface area contributed by atoms with Crippen molar-refractivity contribution in [2.24, 2.45) is 5.41 Å². The molecule has 1 saturated heterocycles. The van der Waals surface area contributed by atoms with Crippen LogP contribution in [0.15, 0.2) is 0 Å². The van der Waals surface area contributed by atoms with Crippen LogP contribution >= 0.6 is 0 Å². The largest absolute Gasteiger partial charge is 0.462 e. The lowest BCUT2D eigenvalue weighted by Crippen LogP contribution is -2.56. The summed E-state index contributed by atoms with van der Waals surface area (Å²) in [6.07, 6.45) is 3.92. The minimum atomic E-state index is -0.277. The minimum absolute atomic E-state index is 0.0683. The van der Waals surface area contributed by atoms with E-state index in [2.05, 4.69) is 27.7 Å². The quantitative estimate of drug-likeness (QED) is 0.656. The Balaban J connectivity index is 1.78. The molecule has 2 aliphatic carbocycles. The van der Waals surface area contributed by atoms with E-state index in [1.807, 2.05) is 0 Å². The fourth-order valence-corrected chi connectivity index (χ4v) is 3.29. The van der Waals surface area contributed by atoms with E-state index in [-0.39, 0.29) is 23.7 Å². The van der Waals surface area contributed by atoms with E-state index in [0.29, 0.717) is 18.0 Å². The highest BCUT2D eigenvalue weighted by Crippen LogP contribution is 2.63. The van der Waals surface area contributed by atoms with Crippen LogP contribution in [0.2, 0.25) is 5.82 Å². The van der Waals surface area contributed by atoms with Crippen LogP contribution in [0.25, 0.3) is 0 Å². The molecule has 1 heterocycles. The molecule has 3 nitrogen and oxygen atoms in total. The summed E-state index contributed by atoms with van der Waals surface area (Å²) < 4.78 is 12.1. The van der Waals surface area contributed by atoms with Crippen molar-refractivity contribution in [2.75, 3.05) is 0 Å². The first-order chi connectivity index (χ1) is 7.79. The Morgan fingerprint density at radius 1 is 1.12 bits per heavy atom.